The van der Waals surface area contributed by atoms with Gasteiger partial charge in [-0.3, -0.25) is 4.79 Å². The fourth-order valence-corrected chi connectivity index (χ4v) is 2.08. The molecule has 1 amide bonds. The molecule has 0 saturated carbocycles. The summed E-state index contributed by atoms with van der Waals surface area (Å²) in [5.41, 5.74) is 2.00. The van der Waals surface area contributed by atoms with E-state index in [-0.39, 0.29) is 12.5 Å². The monoisotopic (exact) mass is 285 g/mol. The SMILES string of the molecule is O=C(CCc1cncnc1)N(CCO)Cc1ccccc1. The molecule has 1 heterocycles. The van der Waals surface area contributed by atoms with Gasteiger partial charge < -0.3 is 10.0 Å². The van der Waals surface area contributed by atoms with Crippen molar-refractivity contribution < 1.29 is 9.90 Å². The van der Waals surface area contributed by atoms with Crippen LogP contribution in [0.1, 0.15) is 17.5 Å². The van der Waals surface area contributed by atoms with Gasteiger partial charge >= 0.3 is 0 Å². The van der Waals surface area contributed by atoms with E-state index in [9.17, 15) is 4.79 Å². The van der Waals surface area contributed by atoms with Crippen LogP contribution in [-0.2, 0) is 17.8 Å². The first kappa shape index (κ1) is 15.1. The van der Waals surface area contributed by atoms with Crippen LogP contribution in [0.5, 0.6) is 0 Å². The molecule has 5 heteroatoms. The number of aryl methyl sites for hydroxylation is 1. The van der Waals surface area contributed by atoms with Crippen LogP contribution >= 0.6 is 0 Å². The summed E-state index contributed by atoms with van der Waals surface area (Å²) in [6, 6.07) is 9.78. The minimum atomic E-state index is -0.0347. The Bertz CT molecular complexity index is 546. The number of hydrogen-bond acceptors (Lipinski definition) is 4. The van der Waals surface area contributed by atoms with Crippen LogP contribution in [-0.4, -0.2) is 39.0 Å². The normalized spacial score (nSPS) is 10.3. The van der Waals surface area contributed by atoms with Crippen LogP contribution in [0.3, 0.4) is 0 Å². The Balaban J connectivity index is 1.92. The molecule has 21 heavy (non-hydrogen) atoms. The van der Waals surface area contributed by atoms with Crippen molar-refractivity contribution in [3.05, 3.63) is 60.2 Å². The second-order valence-electron chi connectivity index (χ2n) is 4.77. The van der Waals surface area contributed by atoms with Crippen molar-refractivity contribution in [3.63, 3.8) is 0 Å². The van der Waals surface area contributed by atoms with Gasteiger partial charge in [0.2, 0.25) is 5.91 Å². The zero-order chi connectivity index (χ0) is 14.9. The molecule has 2 rings (SSSR count). The van der Waals surface area contributed by atoms with E-state index in [4.69, 9.17) is 5.11 Å². The maximum Gasteiger partial charge on any atom is 0.223 e. The lowest BCUT2D eigenvalue weighted by molar-refractivity contribution is -0.132. The summed E-state index contributed by atoms with van der Waals surface area (Å²) in [6.45, 7) is 0.831. The van der Waals surface area contributed by atoms with Gasteiger partial charge in [-0.2, -0.15) is 0 Å². The molecule has 0 saturated heterocycles. The number of amides is 1. The van der Waals surface area contributed by atoms with E-state index < -0.39 is 0 Å². The van der Waals surface area contributed by atoms with Crippen LogP contribution < -0.4 is 0 Å². The molecule has 110 valence electrons. The highest BCUT2D eigenvalue weighted by Crippen LogP contribution is 2.08. The number of benzene rings is 1. The zero-order valence-corrected chi connectivity index (χ0v) is 11.9. The molecule has 0 atom stereocenters. The molecule has 0 aliphatic heterocycles. The number of carbonyl (C=O) groups excluding carboxylic acids is 1. The van der Waals surface area contributed by atoms with E-state index in [0.29, 0.717) is 25.9 Å². The molecule has 0 unspecified atom stereocenters. The highest BCUT2D eigenvalue weighted by molar-refractivity contribution is 5.76. The highest BCUT2D eigenvalue weighted by atomic mass is 16.3. The standard InChI is InChI=1S/C16H19N3O2/c20-9-8-19(12-14-4-2-1-3-5-14)16(21)7-6-15-10-17-13-18-11-15/h1-5,10-11,13,20H,6-9,12H2. The van der Waals surface area contributed by atoms with Crippen LogP contribution in [0.25, 0.3) is 0 Å². The molecule has 0 spiro atoms. The summed E-state index contributed by atoms with van der Waals surface area (Å²) in [6.07, 6.45) is 5.90. The van der Waals surface area contributed by atoms with Crippen molar-refractivity contribution in [2.24, 2.45) is 0 Å². The van der Waals surface area contributed by atoms with E-state index in [1.54, 1.807) is 17.3 Å². The molecule has 0 aliphatic rings. The molecule has 5 nitrogen and oxygen atoms in total. The van der Waals surface area contributed by atoms with E-state index >= 15 is 0 Å². The lowest BCUT2D eigenvalue weighted by Crippen LogP contribution is -2.33. The predicted octanol–water partition coefficient (Wildman–Crippen LogP) is 1.43. The van der Waals surface area contributed by atoms with Gasteiger partial charge in [-0.05, 0) is 17.5 Å². The highest BCUT2D eigenvalue weighted by Gasteiger charge is 2.13. The maximum absolute atomic E-state index is 12.3. The Kier molecular flexibility index (Phi) is 5.84. The van der Waals surface area contributed by atoms with Crippen LogP contribution in [0, 0.1) is 0 Å². The molecular formula is C16H19N3O2. The number of nitrogens with zero attached hydrogens (tertiary/aromatic N) is 3. The Morgan fingerprint density at radius 3 is 2.48 bits per heavy atom. The van der Waals surface area contributed by atoms with Crippen molar-refractivity contribution in [2.75, 3.05) is 13.2 Å². The minimum absolute atomic E-state index is 0.0248. The minimum Gasteiger partial charge on any atom is -0.395 e. The van der Waals surface area contributed by atoms with Gasteiger partial charge in [0, 0.05) is 31.9 Å². The van der Waals surface area contributed by atoms with Gasteiger partial charge in [0.05, 0.1) is 6.61 Å². The third kappa shape index (κ3) is 4.96. The largest absolute Gasteiger partial charge is 0.395 e. The van der Waals surface area contributed by atoms with Gasteiger partial charge in [-0.15, -0.1) is 0 Å². The number of aliphatic hydroxyl groups is 1. The summed E-state index contributed by atoms with van der Waals surface area (Å²) in [5.74, 6) is 0.0248. The smallest absolute Gasteiger partial charge is 0.223 e. The molecule has 1 N–H and O–H groups in total. The van der Waals surface area contributed by atoms with E-state index in [1.165, 1.54) is 6.33 Å². The second-order valence-corrected chi connectivity index (χ2v) is 4.77. The first-order valence-electron chi connectivity index (χ1n) is 6.96. The van der Waals surface area contributed by atoms with Gasteiger partial charge in [0.1, 0.15) is 6.33 Å². The Morgan fingerprint density at radius 2 is 1.81 bits per heavy atom. The van der Waals surface area contributed by atoms with Gasteiger partial charge in [-0.25, -0.2) is 9.97 Å². The summed E-state index contributed by atoms with van der Waals surface area (Å²) in [7, 11) is 0. The maximum atomic E-state index is 12.3. The molecule has 1 aromatic carbocycles. The summed E-state index contributed by atoms with van der Waals surface area (Å²) in [4.78, 5) is 21.8. The van der Waals surface area contributed by atoms with Crippen LogP contribution in [0.4, 0.5) is 0 Å². The molecule has 0 aliphatic carbocycles. The number of hydrogen-bond donors (Lipinski definition) is 1. The molecule has 2 aromatic rings. The predicted molar refractivity (Wildman–Crippen MR) is 79.3 cm³/mol. The molecule has 0 fully saturated rings. The van der Waals surface area contributed by atoms with Crippen molar-refractivity contribution in [1.82, 2.24) is 14.9 Å². The van der Waals surface area contributed by atoms with E-state index in [2.05, 4.69) is 9.97 Å². The molecule has 1 aromatic heterocycles. The molecule has 0 bridgehead atoms. The Labute approximate surface area is 124 Å². The topological polar surface area (TPSA) is 66.3 Å². The first-order chi connectivity index (χ1) is 10.3. The fourth-order valence-electron chi connectivity index (χ4n) is 2.08. The lowest BCUT2D eigenvalue weighted by Gasteiger charge is -2.22. The third-order valence-electron chi connectivity index (χ3n) is 3.18. The average molecular weight is 285 g/mol. The van der Waals surface area contributed by atoms with Gasteiger partial charge in [0.25, 0.3) is 0 Å². The summed E-state index contributed by atoms with van der Waals surface area (Å²) >= 11 is 0. The van der Waals surface area contributed by atoms with Crippen molar-refractivity contribution in [2.45, 2.75) is 19.4 Å². The summed E-state index contributed by atoms with van der Waals surface area (Å²) < 4.78 is 0. The second kappa shape index (κ2) is 8.11. The number of aliphatic hydroxyl groups excluding tert-OH is 1. The third-order valence-corrected chi connectivity index (χ3v) is 3.18. The molecular weight excluding hydrogens is 266 g/mol. The quantitative estimate of drug-likeness (QED) is 0.835. The van der Waals surface area contributed by atoms with Crippen LogP contribution in [0.2, 0.25) is 0 Å². The summed E-state index contributed by atoms with van der Waals surface area (Å²) in [5, 5.41) is 9.13. The Hall–Kier alpha value is -2.27. The van der Waals surface area contributed by atoms with E-state index in [0.717, 1.165) is 11.1 Å². The van der Waals surface area contributed by atoms with Gasteiger partial charge in [0.15, 0.2) is 0 Å². The Morgan fingerprint density at radius 1 is 1.10 bits per heavy atom. The van der Waals surface area contributed by atoms with Crippen molar-refractivity contribution >= 4 is 5.91 Å². The number of carbonyl (C=O) groups is 1. The number of rotatable bonds is 7. The number of aromatic nitrogens is 2. The van der Waals surface area contributed by atoms with Crippen molar-refractivity contribution in [1.29, 1.82) is 0 Å². The fraction of sp³-hybridized carbons (Fsp3) is 0.312. The first-order valence-corrected chi connectivity index (χ1v) is 6.96. The van der Waals surface area contributed by atoms with Crippen molar-refractivity contribution in [3.8, 4) is 0 Å². The lowest BCUT2D eigenvalue weighted by atomic mass is 10.1. The van der Waals surface area contributed by atoms with E-state index in [1.807, 2.05) is 30.3 Å². The van der Waals surface area contributed by atoms with Crippen LogP contribution in [0.15, 0.2) is 49.1 Å². The molecule has 0 radical (unpaired) electrons. The average Bonchev–Trinajstić information content (AvgIpc) is 2.54. The zero-order valence-electron chi connectivity index (χ0n) is 11.9. The van der Waals surface area contributed by atoms with Gasteiger partial charge in [-0.1, -0.05) is 30.3 Å².